The first-order chi connectivity index (χ1) is 9.99. The zero-order valence-corrected chi connectivity index (χ0v) is 12.4. The fourth-order valence-corrected chi connectivity index (χ4v) is 3.21. The fourth-order valence-electron chi connectivity index (χ4n) is 3.21. The Morgan fingerprint density at radius 1 is 1.29 bits per heavy atom. The van der Waals surface area contributed by atoms with Crippen molar-refractivity contribution in [2.75, 3.05) is 13.2 Å². The number of hydrogen-bond acceptors (Lipinski definition) is 2. The maximum absolute atomic E-state index is 13.3. The number of rotatable bonds is 5. The van der Waals surface area contributed by atoms with Gasteiger partial charge in [-0.25, -0.2) is 0 Å². The van der Waals surface area contributed by atoms with Crippen LogP contribution in [0, 0.1) is 5.92 Å². The SMILES string of the molecule is CCNC(c1ccccc1C(F)(F)F)C1CCOC1CC. The van der Waals surface area contributed by atoms with Gasteiger partial charge in [0.25, 0.3) is 0 Å². The average molecular weight is 301 g/mol. The first-order valence-electron chi connectivity index (χ1n) is 7.50. The van der Waals surface area contributed by atoms with Gasteiger partial charge in [-0.2, -0.15) is 13.2 Å². The van der Waals surface area contributed by atoms with Crippen molar-refractivity contribution in [1.82, 2.24) is 5.32 Å². The van der Waals surface area contributed by atoms with Crippen LogP contribution in [-0.2, 0) is 10.9 Å². The largest absolute Gasteiger partial charge is 0.416 e. The van der Waals surface area contributed by atoms with Crippen LogP contribution in [0.5, 0.6) is 0 Å². The number of ether oxygens (including phenoxy) is 1. The third-order valence-electron chi connectivity index (χ3n) is 4.12. The number of alkyl halides is 3. The molecule has 3 atom stereocenters. The van der Waals surface area contributed by atoms with Gasteiger partial charge in [-0.3, -0.25) is 0 Å². The van der Waals surface area contributed by atoms with E-state index in [-0.39, 0.29) is 18.1 Å². The molecule has 0 bridgehead atoms. The monoisotopic (exact) mass is 301 g/mol. The van der Waals surface area contributed by atoms with E-state index in [0.29, 0.717) is 18.7 Å². The summed E-state index contributed by atoms with van der Waals surface area (Å²) in [5.74, 6) is 0.0819. The highest BCUT2D eigenvalue weighted by Crippen LogP contribution is 2.40. The van der Waals surface area contributed by atoms with Gasteiger partial charge in [-0.1, -0.05) is 32.0 Å². The molecule has 21 heavy (non-hydrogen) atoms. The quantitative estimate of drug-likeness (QED) is 0.881. The molecule has 3 unspecified atom stereocenters. The molecule has 0 radical (unpaired) electrons. The zero-order chi connectivity index (χ0) is 15.5. The molecule has 5 heteroatoms. The molecule has 1 saturated heterocycles. The molecule has 2 rings (SSSR count). The highest BCUT2D eigenvalue weighted by molar-refractivity contribution is 5.33. The van der Waals surface area contributed by atoms with Gasteiger partial charge in [0.05, 0.1) is 11.7 Å². The van der Waals surface area contributed by atoms with E-state index in [2.05, 4.69) is 5.32 Å². The summed E-state index contributed by atoms with van der Waals surface area (Å²) in [7, 11) is 0. The molecule has 1 heterocycles. The summed E-state index contributed by atoms with van der Waals surface area (Å²) in [6.45, 7) is 5.19. The van der Waals surface area contributed by atoms with Crippen LogP contribution >= 0.6 is 0 Å². The van der Waals surface area contributed by atoms with Crippen LogP contribution in [0.2, 0.25) is 0 Å². The van der Waals surface area contributed by atoms with Crippen LogP contribution in [0.25, 0.3) is 0 Å². The van der Waals surface area contributed by atoms with Gasteiger partial charge in [0, 0.05) is 18.6 Å². The third-order valence-corrected chi connectivity index (χ3v) is 4.12. The molecule has 1 aliphatic heterocycles. The fraction of sp³-hybridized carbons (Fsp3) is 0.625. The Morgan fingerprint density at radius 2 is 2.00 bits per heavy atom. The van der Waals surface area contributed by atoms with Crippen LogP contribution in [0.1, 0.15) is 43.9 Å². The summed E-state index contributed by atoms with van der Waals surface area (Å²) < 4.78 is 45.4. The van der Waals surface area contributed by atoms with E-state index in [0.717, 1.165) is 18.9 Å². The number of nitrogens with one attached hydrogen (secondary N) is 1. The van der Waals surface area contributed by atoms with Gasteiger partial charge < -0.3 is 10.1 Å². The van der Waals surface area contributed by atoms with Gasteiger partial charge in [0.1, 0.15) is 0 Å². The molecule has 0 amide bonds. The van der Waals surface area contributed by atoms with Crippen LogP contribution < -0.4 is 5.32 Å². The van der Waals surface area contributed by atoms with Crippen molar-refractivity contribution in [2.45, 2.75) is 45.0 Å². The van der Waals surface area contributed by atoms with E-state index in [1.54, 1.807) is 12.1 Å². The topological polar surface area (TPSA) is 21.3 Å². The Hall–Kier alpha value is -1.07. The molecular weight excluding hydrogens is 279 g/mol. The molecule has 1 aromatic carbocycles. The first-order valence-corrected chi connectivity index (χ1v) is 7.50. The number of benzene rings is 1. The minimum absolute atomic E-state index is 0.0235. The maximum atomic E-state index is 13.3. The summed E-state index contributed by atoms with van der Waals surface area (Å²) in [4.78, 5) is 0. The van der Waals surface area contributed by atoms with Crippen molar-refractivity contribution >= 4 is 0 Å². The van der Waals surface area contributed by atoms with Crippen LogP contribution in [-0.4, -0.2) is 19.3 Å². The zero-order valence-electron chi connectivity index (χ0n) is 12.4. The van der Waals surface area contributed by atoms with Crippen LogP contribution in [0.3, 0.4) is 0 Å². The molecule has 1 aliphatic rings. The molecule has 0 aliphatic carbocycles. The molecule has 2 nitrogen and oxygen atoms in total. The summed E-state index contributed by atoms with van der Waals surface area (Å²) in [5, 5.41) is 3.24. The minimum Gasteiger partial charge on any atom is -0.378 e. The Labute approximate surface area is 123 Å². The Morgan fingerprint density at radius 3 is 2.62 bits per heavy atom. The lowest BCUT2D eigenvalue weighted by Crippen LogP contribution is -2.34. The highest BCUT2D eigenvalue weighted by atomic mass is 19.4. The molecule has 0 aromatic heterocycles. The van der Waals surface area contributed by atoms with Crippen LogP contribution in [0.4, 0.5) is 13.2 Å². The lowest BCUT2D eigenvalue weighted by atomic mass is 9.84. The molecule has 118 valence electrons. The summed E-state index contributed by atoms with van der Waals surface area (Å²) in [5.41, 5.74) is -0.210. The van der Waals surface area contributed by atoms with E-state index < -0.39 is 11.7 Å². The molecule has 0 saturated carbocycles. The Bertz CT molecular complexity index is 461. The molecule has 1 aromatic rings. The van der Waals surface area contributed by atoms with Gasteiger partial charge in [-0.05, 0) is 31.0 Å². The van der Waals surface area contributed by atoms with Crippen molar-refractivity contribution < 1.29 is 17.9 Å². The maximum Gasteiger partial charge on any atom is 0.416 e. The van der Waals surface area contributed by atoms with Crippen molar-refractivity contribution in [2.24, 2.45) is 5.92 Å². The predicted octanol–water partition coefficient (Wildman–Crippen LogP) is 4.17. The minimum atomic E-state index is -4.33. The van der Waals surface area contributed by atoms with Crippen molar-refractivity contribution in [3.63, 3.8) is 0 Å². The molecular formula is C16H22F3NO. The molecule has 1 N–H and O–H groups in total. The van der Waals surface area contributed by atoms with Gasteiger partial charge >= 0.3 is 6.18 Å². The van der Waals surface area contributed by atoms with E-state index in [1.807, 2.05) is 13.8 Å². The van der Waals surface area contributed by atoms with E-state index >= 15 is 0 Å². The number of halogens is 3. The molecule has 1 fully saturated rings. The predicted molar refractivity (Wildman–Crippen MR) is 76.0 cm³/mol. The second kappa shape index (κ2) is 6.79. The van der Waals surface area contributed by atoms with Gasteiger partial charge in [-0.15, -0.1) is 0 Å². The second-order valence-corrected chi connectivity index (χ2v) is 5.39. The van der Waals surface area contributed by atoms with Crippen molar-refractivity contribution in [3.05, 3.63) is 35.4 Å². The standard InChI is InChI=1S/C16H22F3NO/c1-3-14-12(9-10-21-14)15(20-4-2)11-7-5-6-8-13(11)16(17,18)19/h5-8,12,14-15,20H,3-4,9-10H2,1-2H3. The molecule has 0 spiro atoms. The summed E-state index contributed by atoms with van der Waals surface area (Å²) in [6, 6.07) is 5.54. The van der Waals surface area contributed by atoms with E-state index in [9.17, 15) is 13.2 Å². The lowest BCUT2D eigenvalue weighted by Gasteiger charge is -2.30. The van der Waals surface area contributed by atoms with E-state index in [1.165, 1.54) is 6.07 Å². The highest BCUT2D eigenvalue weighted by Gasteiger charge is 2.40. The van der Waals surface area contributed by atoms with Crippen molar-refractivity contribution in [1.29, 1.82) is 0 Å². The average Bonchev–Trinajstić information content (AvgIpc) is 2.92. The van der Waals surface area contributed by atoms with Gasteiger partial charge in [0.15, 0.2) is 0 Å². The number of hydrogen-bond donors (Lipinski definition) is 1. The van der Waals surface area contributed by atoms with E-state index in [4.69, 9.17) is 4.74 Å². The Kier molecular flexibility index (Phi) is 5.27. The van der Waals surface area contributed by atoms with Crippen molar-refractivity contribution in [3.8, 4) is 0 Å². The summed E-state index contributed by atoms with van der Waals surface area (Å²) in [6.07, 6.45) is -2.69. The summed E-state index contributed by atoms with van der Waals surface area (Å²) >= 11 is 0. The normalized spacial score (nSPS) is 24.2. The smallest absolute Gasteiger partial charge is 0.378 e. The van der Waals surface area contributed by atoms with Gasteiger partial charge in [0.2, 0.25) is 0 Å². The second-order valence-electron chi connectivity index (χ2n) is 5.39. The lowest BCUT2D eigenvalue weighted by molar-refractivity contribution is -0.138. The first kappa shape index (κ1) is 16.3. The Balaban J connectivity index is 2.39. The van der Waals surface area contributed by atoms with Crippen LogP contribution in [0.15, 0.2) is 24.3 Å². The third kappa shape index (κ3) is 3.58.